The third kappa shape index (κ3) is 2.34. The van der Waals surface area contributed by atoms with Crippen LogP contribution in [0.2, 0.25) is 0 Å². The summed E-state index contributed by atoms with van der Waals surface area (Å²) in [4.78, 5) is 0. The third-order valence-electron chi connectivity index (χ3n) is 2.25. The average molecular weight is 215 g/mol. The lowest BCUT2D eigenvalue weighted by Crippen LogP contribution is -1.72. The van der Waals surface area contributed by atoms with Crippen molar-refractivity contribution >= 4 is 11.4 Å². The monoisotopic (exact) mass is 215 g/mol. The van der Waals surface area contributed by atoms with E-state index in [1.54, 1.807) is 6.20 Å². The second kappa shape index (κ2) is 4.70. The normalized spacial score (nSPS) is 11.1. The van der Waals surface area contributed by atoms with E-state index in [1.165, 1.54) is 5.56 Å². The maximum absolute atomic E-state index is 5.02. The minimum Gasteiger partial charge on any atom is -0.359 e. The summed E-state index contributed by atoms with van der Waals surface area (Å²) in [5, 5.41) is 11.9. The van der Waals surface area contributed by atoms with Crippen LogP contribution in [-0.4, -0.2) is 5.16 Å². The molecule has 16 heavy (non-hydrogen) atoms. The molecule has 0 fully saturated rings. The molecule has 0 atom stereocenters. The summed E-state index contributed by atoms with van der Waals surface area (Å²) in [6.07, 6.45) is 2.35. The molecule has 1 heterocycles. The highest BCUT2D eigenvalue weighted by Crippen LogP contribution is 2.22. The van der Waals surface area contributed by atoms with E-state index in [4.69, 9.17) is 4.52 Å². The molecule has 0 spiro atoms. The van der Waals surface area contributed by atoms with Crippen molar-refractivity contribution in [3.05, 3.63) is 41.8 Å². The summed E-state index contributed by atoms with van der Waals surface area (Å²) in [6, 6.07) is 7.86. The molecule has 0 unspecified atom stereocenters. The molecule has 0 saturated heterocycles. The van der Waals surface area contributed by atoms with E-state index in [0.29, 0.717) is 5.69 Å². The number of rotatable bonds is 3. The molecule has 1 aromatic carbocycles. The van der Waals surface area contributed by atoms with Gasteiger partial charge in [0.2, 0.25) is 0 Å². The standard InChI is InChI=1S/C12H13N3O/c1-3-12-11(8-13-16-12)15-14-10-6-4-9(2)5-7-10/h4-8H,3H2,1-2H3. The smallest absolute Gasteiger partial charge is 0.163 e. The highest BCUT2D eigenvalue weighted by Gasteiger charge is 2.03. The molecule has 0 N–H and O–H groups in total. The van der Waals surface area contributed by atoms with E-state index in [2.05, 4.69) is 15.4 Å². The molecule has 0 bridgehead atoms. The van der Waals surface area contributed by atoms with E-state index in [0.717, 1.165) is 17.9 Å². The summed E-state index contributed by atoms with van der Waals surface area (Å²) in [7, 11) is 0. The van der Waals surface area contributed by atoms with Gasteiger partial charge in [-0.05, 0) is 19.1 Å². The Morgan fingerprint density at radius 3 is 2.62 bits per heavy atom. The highest BCUT2D eigenvalue weighted by atomic mass is 16.5. The van der Waals surface area contributed by atoms with Gasteiger partial charge < -0.3 is 4.52 Å². The van der Waals surface area contributed by atoms with Crippen LogP contribution in [0.25, 0.3) is 0 Å². The van der Waals surface area contributed by atoms with E-state index >= 15 is 0 Å². The van der Waals surface area contributed by atoms with Gasteiger partial charge in [-0.25, -0.2) is 0 Å². The minimum absolute atomic E-state index is 0.697. The SMILES string of the molecule is CCc1oncc1N=Nc1ccc(C)cc1. The molecule has 0 aliphatic carbocycles. The molecule has 4 heteroatoms. The van der Waals surface area contributed by atoms with Crippen LogP contribution < -0.4 is 0 Å². The fourth-order valence-corrected chi connectivity index (χ4v) is 1.31. The van der Waals surface area contributed by atoms with Gasteiger partial charge in [0.25, 0.3) is 0 Å². The Bertz CT molecular complexity index is 485. The Morgan fingerprint density at radius 1 is 1.19 bits per heavy atom. The number of aryl methyl sites for hydroxylation is 2. The van der Waals surface area contributed by atoms with Crippen LogP contribution in [0, 0.1) is 6.92 Å². The highest BCUT2D eigenvalue weighted by molar-refractivity contribution is 5.41. The largest absolute Gasteiger partial charge is 0.359 e. The zero-order valence-corrected chi connectivity index (χ0v) is 9.34. The predicted octanol–water partition coefficient (Wildman–Crippen LogP) is 3.96. The Morgan fingerprint density at radius 2 is 1.94 bits per heavy atom. The summed E-state index contributed by atoms with van der Waals surface area (Å²) in [5.41, 5.74) is 2.73. The first-order valence-electron chi connectivity index (χ1n) is 5.21. The summed E-state index contributed by atoms with van der Waals surface area (Å²) >= 11 is 0. The van der Waals surface area contributed by atoms with Crippen molar-refractivity contribution in [2.75, 3.05) is 0 Å². The van der Waals surface area contributed by atoms with Crippen molar-refractivity contribution < 1.29 is 4.52 Å². The number of hydrogen-bond donors (Lipinski definition) is 0. The summed E-state index contributed by atoms with van der Waals surface area (Å²) < 4.78 is 5.02. The van der Waals surface area contributed by atoms with Crippen molar-refractivity contribution in [3.63, 3.8) is 0 Å². The van der Waals surface area contributed by atoms with E-state index in [-0.39, 0.29) is 0 Å². The van der Waals surface area contributed by atoms with Gasteiger partial charge in [-0.15, -0.1) is 5.11 Å². The first kappa shape index (κ1) is 10.5. The zero-order chi connectivity index (χ0) is 11.4. The van der Waals surface area contributed by atoms with Crippen LogP contribution in [0.4, 0.5) is 11.4 Å². The first-order valence-corrected chi connectivity index (χ1v) is 5.21. The Labute approximate surface area is 94.0 Å². The average Bonchev–Trinajstić information content (AvgIpc) is 2.76. The quantitative estimate of drug-likeness (QED) is 0.727. The van der Waals surface area contributed by atoms with Gasteiger partial charge in [-0.3, -0.25) is 0 Å². The van der Waals surface area contributed by atoms with Crippen molar-refractivity contribution in [3.8, 4) is 0 Å². The molecule has 2 rings (SSSR count). The Kier molecular flexibility index (Phi) is 3.10. The van der Waals surface area contributed by atoms with Crippen LogP contribution in [0.1, 0.15) is 18.2 Å². The molecule has 0 aliphatic heterocycles. The lowest BCUT2D eigenvalue weighted by molar-refractivity contribution is 0.387. The van der Waals surface area contributed by atoms with Crippen LogP contribution in [0.3, 0.4) is 0 Å². The second-order valence-corrected chi connectivity index (χ2v) is 3.52. The molecule has 1 aromatic heterocycles. The second-order valence-electron chi connectivity index (χ2n) is 3.52. The lowest BCUT2D eigenvalue weighted by atomic mass is 10.2. The van der Waals surface area contributed by atoms with Crippen LogP contribution in [-0.2, 0) is 6.42 Å². The van der Waals surface area contributed by atoms with E-state index in [9.17, 15) is 0 Å². The summed E-state index contributed by atoms with van der Waals surface area (Å²) in [6.45, 7) is 4.03. The Hall–Kier alpha value is -1.97. The third-order valence-corrected chi connectivity index (χ3v) is 2.25. The van der Waals surface area contributed by atoms with Gasteiger partial charge in [0, 0.05) is 6.42 Å². The van der Waals surface area contributed by atoms with Crippen LogP contribution >= 0.6 is 0 Å². The van der Waals surface area contributed by atoms with Gasteiger partial charge in [0.05, 0.1) is 11.9 Å². The van der Waals surface area contributed by atoms with Crippen LogP contribution in [0.5, 0.6) is 0 Å². The molecule has 0 amide bonds. The fraction of sp³-hybridized carbons (Fsp3) is 0.250. The number of azo groups is 1. The van der Waals surface area contributed by atoms with Gasteiger partial charge >= 0.3 is 0 Å². The van der Waals surface area contributed by atoms with Gasteiger partial charge in [0.15, 0.2) is 5.76 Å². The topological polar surface area (TPSA) is 50.8 Å². The predicted molar refractivity (Wildman–Crippen MR) is 61.2 cm³/mol. The molecule has 2 aromatic rings. The molecule has 82 valence electrons. The number of hydrogen-bond acceptors (Lipinski definition) is 4. The number of benzene rings is 1. The van der Waals surface area contributed by atoms with Crippen molar-refractivity contribution in [2.45, 2.75) is 20.3 Å². The lowest BCUT2D eigenvalue weighted by Gasteiger charge is -1.93. The Balaban J connectivity index is 2.18. The van der Waals surface area contributed by atoms with Gasteiger partial charge in [-0.1, -0.05) is 29.8 Å². The number of aromatic nitrogens is 1. The zero-order valence-electron chi connectivity index (χ0n) is 9.34. The summed E-state index contributed by atoms with van der Waals surface area (Å²) in [5.74, 6) is 0.760. The molecular formula is C12H13N3O. The first-order chi connectivity index (χ1) is 7.79. The van der Waals surface area contributed by atoms with Crippen LogP contribution in [0.15, 0.2) is 45.2 Å². The van der Waals surface area contributed by atoms with Crippen molar-refractivity contribution in [1.29, 1.82) is 0 Å². The van der Waals surface area contributed by atoms with Gasteiger partial charge in [-0.2, -0.15) is 5.11 Å². The maximum Gasteiger partial charge on any atom is 0.163 e. The maximum atomic E-state index is 5.02. The fourth-order valence-electron chi connectivity index (χ4n) is 1.31. The number of nitrogens with zero attached hydrogens (tertiary/aromatic N) is 3. The molecule has 0 radical (unpaired) electrons. The molecule has 4 nitrogen and oxygen atoms in total. The molecule has 0 aliphatic rings. The molecule has 0 saturated carbocycles. The van der Waals surface area contributed by atoms with E-state index in [1.807, 2.05) is 38.1 Å². The van der Waals surface area contributed by atoms with Crippen molar-refractivity contribution in [2.24, 2.45) is 10.2 Å². The van der Waals surface area contributed by atoms with Crippen molar-refractivity contribution in [1.82, 2.24) is 5.16 Å². The minimum atomic E-state index is 0.697. The van der Waals surface area contributed by atoms with E-state index < -0.39 is 0 Å². The van der Waals surface area contributed by atoms with Gasteiger partial charge in [0.1, 0.15) is 5.69 Å². The molecular weight excluding hydrogens is 202 g/mol.